The Balaban J connectivity index is 1.59. The molecular formula is C21H19F2N5OS. The Bertz CT molecular complexity index is 1310. The van der Waals surface area contributed by atoms with Gasteiger partial charge in [0.1, 0.15) is 6.17 Å². The number of rotatable bonds is 4. The number of fused-ring (bicyclic) bond motifs is 2. The Hall–Kier alpha value is -3.07. The van der Waals surface area contributed by atoms with Crippen LogP contribution in [0, 0.1) is 18.7 Å². The molecule has 30 heavy (non-hydrogen) atoms. The lowest BCUT2D eigenvalue weighted by molar-refractivity contribution is -0.117. The fourth-order valence-corrected chi connectivity index (χ4v) is 4.72. The van der Waals surface area contributed by atoms with Crippen molar-refractivity contribution >= 4 is 49.2 Å². The van der Waals surface area contributed by atoms with Crippen LogP contribution in [-0.2, 0) is 4.79 Å². The number of benzene rings is 2. The number of aromatic amines is 1. The highest BCUT2D eigenvalue weighted by molar-refractivity contribution is 7.22. The van der Waals surface area contributed by atoms with Gasteiger partial charge < -0.3 is 10.2 Å². The van der Waals surface area contributed by atoms with E-state index < -0.39 is 12.1 Å². The summed E-state index contributed by atoms with van der Waals surface area (Å²) in [5, 5.41) is 11.0. The second-order valence-electron chi connectivity index (χ2n) is 7.76. The van der Waals surface area contributed by atoms with Gasteiger partial charge in [-0.2, -0.15) is 5.10 Å². The van der Waals surface area contributed by atoms with E-state index in [0.29, 0.717) is 21.9 Å². The summed E-state index contributed by atoms with van der Waals surface area (Å²) < 4.78 is 29.2. The molecule has 2 aromatic carbocycles. The number of nitrogens with one attached hydrogen (secondary N) is 2. The van der Waals surface area contributed by atoms with Crippen molar-refractivity contribution in [2.24, 2.45) is 5.92 Å². The van der Waals surface area contributed by atoms with E-state index in [4.69, 9.17) is 0 Å². The van der Waals surface area contributed by atoms with Gasteiger partial charge in [0.25, 0.3) is 0 Å². The zero-order valence-electron chi connectivity index (χ0n) is 16.6. The summed E-state index contributed by atoms with van der Waals surface area (Å²) in [7, 11) is 3.59. The molecule has 1 aliphatic rings. The molecule has 6 nitrogen and oxygen atoms in total. The van der Waals surface area contributed by atoms with Gasteiger partial charge >= 0.3 is 0 Å². The van der Waals surface area contributed by atoms with E-state index in [1.807, 2.05) is 18.2 Å². The maximum absolute atomic E-state index is 15.2. The van der Waals surface area contributed by atoms with Crippen molar-refractivity contribution < 1.29 is 13.6 Å². The lowest BCUT2D eigenvalue weighted by Crippen LogP contribution is -2.14. The summed E-state index contributed by atoms with van der Waals surface area (Å²) in [5.41, 5.74) is 3.97. The van der Waals surface area contributed by atoms with Gasteiger partial charge in [-0.15, -0.1) is 0 Å². The highest BCUT2D eigenvalue weighted by Gasteiger charge is 2.43. The van der Waals surface area contributed by atoms with E-state index in [0.717, 1.165) is 26.7 Å². The maximum Gasteiger partial charge on any atom is 0.232 e. The van der Waals surface area contributed by atoms with Crippen molar-refractivity contribution in [1.29, 1.82) is 0 Å². The Morgan fingerprint density at radius 2 is 2.13 bits per heavy atom. The van der Waals surface area contributed by atoms with Crippen LogP contribution < -0.4 is 10.2 Å². The Morgan fingerprint density at radius 3 is 2.83 bits per heavy atom. The van der Waals surface area contributed by atoms with Crippen LogP contribution in [0.4, 0.5) is 19.6 Å². The number of halogens is 2. The second-order valence-corrected chi connectivity index (χ2v) is 8.80. The quantitative estimate of drug-likeness (QED) is 0.497. The SMILES string of the molecule is Cc1c(F)c(N(C)C)c2[nH]ncc2c1-c1ccc2nc(NC(=O)[C@@H]3C[C@@H]3F)sc2c1. The molecule has 1 amide bonds. The van der Waals surface area contributed by atoms with Crippen LogP contribution in [0.3, 0.4) is 0 Å². The number of hydrogen-bond donors (Lipinski definition) is 2. The first kappa shape index (κ1) is 18.9. The lowest BCUT2D eigenvalue weighted by atomic mass is 9.95. The molecule has 5 rings (SSSR count). The monoisotopic (exact) mass is 427 g/mol. The lowest BCUT2D eigenvalue weighted by Gasteiger charge is -2.19. The molecule has 2 aromatic heterocycles. The predicted octanol–water partition coefficient (Wildman–Crippen LogP) is 4.65. The molecule has 0 unspecified atom stereocenters. The number of nitrogens with zero attached hydrogens (tertiary/aromatic N) is 3. The van der Waals surface area contributed by atoms with Crippen molar-refractivity contribution in [2.75, 3.05) is 24.3 Å². The molecule has 1 saturated carbocycles. The molecular weight excluding hydrogens is 408 g/mol. The minimum absolute atomic E-state index is 0.273. The van der Waals surface area contributed by atoms with E-state index in [-0.39, 0.29) is 18.1 Å². The normalized spacial score (nSPS) is 18.2. The largest absolute Gasteiger partial charge is 0.374 e. The Labute approximate surface area is 174 Å². The van der Waals surface area contributed by atoms with Crippen LogP contribution in [0.25, 0.3) is 32.2 Å². The second kappa shape index (κ2) is 6.73. The van der Waals surface area contributed by atoms with E-state index in [1.54, 1.807) is 32.1 Å². The minimum atomic E-state index is -1.05. The number of amides is 1. The molecule has 1 aliphatic carbocycles. The summed E-state index contributed by atoms with van der Waals surface area (Å²) in [5.74, 6) is -1.20. The van der Waals surface area contributed by atoms with Crippen LogP contribution in [0.15, 0.2) is 24.4 Å². The zero-order valence-corrected chi connectivity index (χ0v) is 17.4. The molecule has 0 saturated heterocycles. The molecule has 1 fully saturated rings. The molecule has 2 atom stereocenters. The number of anilines is 2. The first-order chi connectivity index (χ1) is 14.3. The number of H-pyrrole nitrogens is 1. The number of carbonyl (C=O) groups excluding carboxylic acids is 1. The third kappa shape index (κ3) is 2.92. The van der Waals surface area contributed by atoms with Crippen molar-refractivity contribution in [1.82, 2.24) is 15.2 Å². The van der Waals surface area contributed by atoms with Crippen LogP contribution in [0.2, 0.25) is 0 Å². The molecule has 0 spiro atoms. The summed E-state index contributed by atoms with van der Waals surface area (Å²) in [6.07, 6.45) is 0.928. The van der Waals surface area contributed by atoms with Crippen LogP contribution in [-0.4, -0.2) is 41.4 Å². The average Bonchev–Trinajstić information content (AvgIpc) is 3.08. The third-order valence-electron chi connectivity index (χ3n) is 5.46. The fraction of sp³-hybridized carbons (Fsp3) is 0.286. The Kier molecular flexibility index (Phi) is 4.25. The third-order valence-corrected chi connectivity index (χ3v) is 6.40. The van der Waals surface area contributed by atoms with Gasteiger partial charge in [0, 0.05) is 19.5 Å². The smallest absolute Gasteiger partial charge is 0.232 e. The van der Waals surface area contributed by atoms with Gasteiger partial charge in [-0.05, 0) is 42.2 Å². The van der Waals surface area contributed by atoms with Crippen LogP contribution in [0.1, 0.15) is 12.0 Å². The molecule has 9 heteroatoms. The molecule has 2 N–H and O–H groups in total. The number of alkyl halides is 1. The Morgan fingerprint density at radius 1 is 1.37 bits per heavy atom. The number of carbonyl (C=O) groups is 1. The van der Waals surface area contributed by atoms with Gasteiger partial charge in [-0.1, -0.05) is 17.4 Å². The molecule has 0 aliphatic heterocycles. The van der Waals surface area contributed by atoms with Gasteiger partial charge in [0.05, 0.1) is 33.5 Å². The highest BCUT2D eigenvalue weighted by Crippen LogP contribution is 2.41. The minimum Gasteiger partial charge on any atom is -0.374 e. The van der Waals surface area contributed by atoms with Crippen molar-refractivity contribution in [3.05, 3.63) is 35.8 Å². The summed E-state index contributed by atoms with van der Waals surface area (Å²) >= 11 is 1.32. The highest BCUT2D eigenvalue weighted by atomic mass is 32.1. The van der Waals surface area contributed by atoms with Crippen molar-refractivity contribution in [3.8, 4) is 11.1 Å². The molecule has 0 bridgehead atoms. The first-order valence-electron chi connectivity index (χ1n) is 9.53. The van der Waals surface area contributed by atoms with Gasteiger partial charge in [0.15, 0.2) is 10.9 Å². The van der Waals surface area contributed by atoms with E-state index in [1.165, 1.54) is 11.3 Å². The van der Waals surface area contributed by atoms with Crippen LogP contribution in [0.5, 0.6) is 0 Å². The molecule has 4 aromatic rings. The van der Waals surface area contributed by atoms with Crippen molar-refractivity contribution in [3.63, 3.8) is 0 Å². The average molecular weight is 427 g/mol. The van der Waals surface area contributed by atoms with Gasteiger partial charge in [-0.3, -0.25) is 9.89 Å². The zero-order chi connectivity index (χ0) is 21.2. The van der Waals surface area contributed by atoms with Gasteiger partial charge in [0.2, 0.25) is 5.91 Å². The fourth-order valence-electron chi connectivity index (χ4n) is 3.81. The topological polar surface area (TPSA) is 73.9 Å². The molecule has 0 radical (unpaired) electrons. The van der Waals surface area contributed by atoms with E-state index in [2.05, 4.69) is 20.5 Å². The van der Waals surface area contributed by atoms with Crippen molar-refractivity contribution in [2.45, 2.75) is 19.5 Å². The summed E-state index contributed by atoms with van der Waals surface area (Å²) in [6, 6.07) is 5.66. The van der Waals surface area contributed by atoms with Gasteiger partial charge in [-0.25, -0.2) is 13.8 Å². The molecule has 2 heterocycles. The predicted molar refractivity (Wildman–Crippen MR) is 115 cm³/mol. The van der Waals surface area contributed by atoms with E-state index in [9.17, 15) is 9.18 Å². The number of thiazole rings is 1. The van der Waals surface area contributed by atoms with Crippen LogP contribution >= 0.6 is 11.3 Å². The van der Waals surface area contributed by atoms with E-state index >= 15 is 4.39 Å². The first-order valence-corrected chi connectivity index (χ1v) is 10.3. The molecule has 154 valence electrons. The number of aromatic nitrogens is 3. The summed E-state index contributed by atoms with van der Waals surface area (Å²) in [4.78, 5) is 18.1. The summed E-state index contributed by atoms with van der Waals surface area (Å²) in [6.45, 7) is 1.76. The number of hydrogen-bond acceptors (Lipinski definition) is 5. The standard InChI is InChI=1S/C21H19F2N5OS/c1-9-16(12-8-24-27-18(12)19(17(9)23)28(2)3)10-4-5-14-15(6-10)30-21(25-14)26-20(29)11-7-13(11)22/h4-6,8,11,13H,7H2,1-3H3,(H,24,27)(H,25,26,29)/t11-,13+/m1/s1. The maximum atomic E-state index is 15.2.